The number of aliphatic hydroxyl groups excluding tert-OH is 1. The molecule has 414 valence electrons. The van der Waals surface area contributed by atoms with Crippen molar-refractivity contribution < 1.29 is 52.2 Å². The number of carbonyl (C=O) groups is 3. The van der Waals surface area contributed by atoms with E-state index in [1.54, 1.807) is 0 Å². The minimum Gasteiger partial charge on any atom is -0.462 e. The van der Waals surface area contributed by atoms with Gasteiger partial charge in [0.25, 0.3) is 0 Å². The number of ether oxygens (including phenoxy) is 3. The van der Waals surface area contributed by atoms with Crippen LogP contribution in [-0.2, 0) is 42.2 Å². The molecule has 3 unspecified atom stereocenters. The molecule has 0 aromatic rings. The van der Waals surface area contributed by atoms with Crippen LogP contribution in [0.4, 0.5) is 0 Å². The van der Waals surface area contributed by atoms with Crippen LogP contribution >= 0.6 is 7.82 Å². The fourth-order valence-corrected chi connectivity index (χ4v) is 8.28. The first-order valence-electron chi connectivity index (χ1n) is 28.5. The van der Waals surface area contributed by atoms with Crippen LogP contribution in [0.3, 0.4) is 0 Å². The fourth-order valence-electron chi connectivity index (χ4n) is 7.50. The summed E-state index contributed by atoms with van der Waals surface area (Å²) in [5, 5.41) is 9.79. The number of hydrogen-bond donors (Lipinski definition) is 2. The van der Waals surface area contributed by atoms with Crippen molar-refractivity contribution in [1.82, 2.24) is 0 Å². The first kappa shape index (κ1) is 68.7. The molecule has 0 aliphatic heterocycles. The highest BCUT2D eigenvalue weighted by Gasteiger charge is 2.28. The first-order valence-corrected chi connectivity index (χ1v) is 30.0. The smallest absolute Gasteiger partial charge is 0.462 e. The van der Waals surface area contributed by atoms with Crippen LogP contribution in [0.5, 0.6) is 0 Å². The molecule has 2 N–H and O–H groups in total. The van der Waals surface area contributed by atoms with Gasteiger partial charge in [-0.1, -0.05) is 196 Å². The maximum Gasteiger partial charge on any atom is 0.472 e. The Morgan fingerprint density at radius 3 is 1.14 bits per heavy atom. The van der Waals surface area contributed by atoms with Crippen molar-refractivity contribution in [3.05, 3.63) is 85.1 Å². The van der Waals surface area contributed by atoms with Crippen LogP contribution < -0.4 is 0 Å². The molecule has 0 aliphatic rings. The quantitative estimate of drug-likeness (QED) is 0.0197. The average Bonchev–Trinajstić information content (AvgIpc) is 3.37. The van der Waals surface area contributed by atoms with Gasteiger partial charge >= 0.3 is 25.7 Å². The average molecular weight is 1030 g/mol. The van der Waals surface area contributed by atoms with Crippen molar-refractivity contribution >= 4 is 25.7 Å². The predicted molar refractivity (Wildman–Crippen MR) is 298 cm³/mol. The number of rotatable bonds is 52. The van der Waals surface area contributed by atoms with Gasteiger partial charge < -0.3 is 24.2 Å². The Morgan fingerprint density at radius 1 is 0.403 bits per heavy atom. The highest BCUT2D eigenvalue weighted by molar-refractivity contribution is 7.47. The second-order valence-corrected chi connectivity index (χ2v) is 20.1. The second-order valence-electron chi connectivity index (χ2n) is 18.7. The standard InChI is InChI=1S/C60H103O11P/c1-4-7-10-13-16-19-22-25-27-28-30-33-36-39-42-45-48-51-60(64)71-57(53-67-58(62)49-46-43-40-37-34-32-29-26-23-20-17-14-11-8-5-2)55-69-72(65,66)68-54-56(52-61)70-59(63)50-47-44-41-38-35-31-24-21-18-15-12-9-6-3/h8-9,11-12,17-18,20-21,25-27,29,31,35,56-57,61H,4-7,10,13-16,19,22-24,28,30,32-34,36-55H2,1-3H3,(H,65,66)/b11-8-,12-9-,20-17-,21-18-,27-25-,29-26-,35-31-. The van der Waals surface area contributed by atoms with Gasteiger partial charge in [-0.05, 0) is 109 Å². The molecule has 0 saturated heterocycles. The maximum atomic E-state index is 12.9. The molecule has 72 heavy (non-hydrogen) atoms. The third-order valence-corrected chi connectivity index (χ3v) is 12.7. The third-order valence-electron chi connectivity index (χ3n) is 11.8. The first-order chi connectivity index (χ1) is 35.2. The lowest BCUT2D eigenvalue weighted by atomic mass is 10.1. The van der Waals surface area contributed by atoms with E-state index in [4.69, 9.17) is 23.3 Å². The lowest BCUT2D eigenvalue weighted by Crippen LogP contribution is -2.30. The molecule has 3 atom stereocenters. The Morgan fingerprint density at radius 2 is 0.722 bits per heavy atom. The monoisotopic (exact) mass is 1030 g/mol. The molecule has 0 heterocycles. The molecular weight excluding hydrogens is 928 g/mol. The van der Waals surface area contributed by atoms with Crippen LogP contribution in [0.15, 0.2) is 85.1 Å². The molecule has 0 amide bonds. The predicted octanol–water partition coefficient (Wildman–Crippen LogP) is 16.7. The van der Waals surface area contributed by atoms with E-state index in [-0.39, 0.29) is 25.9 Å². The zero-order chi connectivity index (χ0) is 52.7. The van der Waals surface area contributed by atoms with Gasteiger partial charge in [0.1, 0.15) is 12.7 Å². The topological polar surface area (TPSA) is 155 Å². The summed E-state index contributed by atoms with van der Waals surface area (Å²) in [6.07, 6.45) is 61.2. The van der Waals surface area contributed by atoms with Crippen molar-refractivity contribution in [3.8, 4) is 0 Å². The number of unbranched alkanes of at least 4 members (excludes halogenated alkanes) is 21. The summed E-state index contributed by atoms with van der Waals surface area (Å²) in [4.78, 5) is 48.5. The van der Waals surface area contributed by atoms with Crippen LogP contribution in [0.2, 0.25) is 0 Å². The Bertz CT molecular complexity index is 1530. The van der Waals surface area contributed by atoms with Crippen LogP contribution in [-0.4, -0.2) is 66.5 Å². The van der Waals surface area contributed by atoms with Gasteiger partial charge in [-0.2, -0.15) is 0 Å². The summed E-state index contributed by atoms with van der Waals surface area (Å²) < 4.78 is 39.5. The van der Waals surface area contributed by atoms with E-state index >= 15 is 0 Å². The van der Waals surface area contributed by atoms with E-state index in [0.29, 0.717) is 19.3 Å². The van der Waals surface area contributed by atoms with E-state index in [1.807, 2.05) is 0 Å². The van der Waals surface area contributed by atoms with E-state index in [9.17, 15) is 28.9 Å². The molecule has 0 spiro atoms. The van der Waals surface area contributed by atoms with Crippen LogP contribution in [0, 0.1) is 0 Å². The molecule has 0 aliphatic carbocycles. The molecule has 12 heteroatoms. The Labute approximate surface area is 439 Å². The van der Waals surface area contributed by atoms with Gasteiger partial charge in [0.05, 0.1) is 19.8 Å². The zero-order valence-electron chi connectivity index (χ0n) is 45.6. The number of esters is 3. The van der Waals surface area contributed by atoms with Crippen LogP contribution in [0.25, 0.3) is 0 Å². The fraction of sp³-hybridized carbons (Fsp3) is 0.717. The molecule has 0 rings (SSSR count). The molecule has 0 fully saturated rings. The Balaban J connectivity index is 4.79. The summed E-state index contributed by atoms with van der Waals surface area (Å²) in [7, 11) is -4.76. The largest absolute Gasteiger partial charge is 0.472 e. The summed E-state index contributed by atoms with van der Waals surface area (Å²) in [5.74, 6) is -1.52. The van der Waals surface area contributed by atoms with Gasteiger partial charge in [0.15, 0.2) is 6.10 Å². The lowest BCUT2D eigenvalue weighted by Gasteiger charge is -2.21. The maximum absolute atomic E-state index is 12.9. The van der Waals surface area contributed by atoms with Gasteiger partial charge in [0, 0.05) is 19.3 Å². The molecule has 0 radical (unpaired) electrons. The number of allylic oxidation sites excluding steroid dienone is 14. The number of aliphatic hydroxyl groups is 1. The van der Waals surface area contributed by atoms with E-state index in [1.165, 1.54) is 57.8 Å². The van der Waals surface area contributed by atoms with E-state index in [0.717, 1.165) is 122 Å². The summed E-state index contributed by atoms with van der Waals surface area (Å²) in [6, 6.07) is 0. The number of carbonyl (C=O) groups excluding carboxylic acids is 3. The number of phosphoric ester groups is 1. The van der Waals surface area contributed by atoms with Crippen molar-refractivity contribution in [3.63, 3.8) is 0 Å². The summed E-state index contributed by atoms with van der Waals surface area (Å²) in [6.45, 7) is 4.36. The summed E-state index contributed by atoms with van der Waals surface area (Å²) >= 11 is 0. The molecular formula is C60H103O11P. The minimum absolute atomic E-state index is 0.138. The van der Waals surface area contributed by atoms with Crippen molar-refractivity contribution in [2.24, 2.45) is 0 Å². The van der Waals surface area contributed by atoms with Crippen molar-refractivity contribution in [2.45, 2.75) is 251 Å². The number of phosphoric acid groups is 1. The van der Waals surface area contributed by atoms with Crippen molar-refractivity contribution in [1.29, 1.82) is 0 Å². The zero-order valence-corrected chi connectivity index (χ0v) is 46.5. The van der Waals surface area contributed by atoms with Crippen LogP contribution in [0.1, 0.15) is 239 Å². The summed E-state index contributed by atoms with van der Waals surface area (Å²) in [5.41, 5.74) is 0. The van der Waals surface area contributed by atoms with Crippen molar-refractivity contribution in [2.75, 3.05) is 26.4 Å². The molecule has 0 bridgehead atoms. The highest BCUT2D eigenvalue weighted by Crippen LogP contribution is 2.43. The van der Waals surface area contributed by atoms with Gasteiger partial charge in [0.2, 0.25) is 0 Å². The Kier molecular flexibility index (Phi) is 51.4. The van der Waals surface area contributed by atoms with Gasteiger partial charge in [-0.15, -0.1) is 0 Å². The molecule has 0 aromatic heterocycles. The van der Waals surface area contributed by atoms with Gasteiger partial charge in [-0.25, -0.2) is 4.57 Å². The van der Waals surface area contributed by atoms with Gasteiger partial charge in [-0.3, -0.25) is 23.4 Å². The second kappa shape index (κ2) is 53.9. The SMILES string of the molecule is CC/C=C\C/C=C\C/C=C\CCCCCCCC(=O)OCC(COP(=O)(O)OCC(CO)OC(=O)CCCCC/C=C\C/C=C\C/C=C\CC)OC(=O)CCCCCCCCC/C=C\CCCCCCCC. The molecule has 11 nitrogen and oxygen atoms in total. The molecule has 0 aromatic carbocycles. The number of hydrogen-bond acceptors (Lipinski definition) is 10. The van der Waals surface area contributed by atoms with E-state index < -0.39 is 57.8 Å². The highest BCUT2D eigenvalue weighted by atomic mass is 31.2. The Hall–Kier alpha value is -3.34. The normalized spacial score (nSPS) is 14.0. The third kappa shape index (κ3) is 51.6. The molecule has 0 saturated carbocycles. The lowest BCUT2D eigenvalue weighted by molar-refractivity contribution is -0.161. The van der Waals surface area contributed by atoms with E-state index in [2.05, 4.69) is 106 Å². The minimum atomic E-state index is -4.76.